The lowest BCUT2D eigenvalue weighted by molar-refractivity contribution is 0.0383. The van der Waals surface area contributed by atoms with Crippen LogP contribution in [0.4, 0.5) is 25.4 Å². The minimum atomic E-state index is -0.967. The van der Waals surface area contributed by atoms with Gasteiger partial charge in [0.1, 0.15) is 22.3 Å². The molecule has 1 fully saturated rings. The minimum Gasteiger partial charge on any atom is -0.382 e. The number of ether oxygens (including phenoxy) is 1. The minimum absolute atomic E-state index is 0.0669. The molecule has 1 aliphatic heterocycles. The van der Waals surface area contributed by atoms with Crippen LogP contribution in [-0.2, 0) is 4.74 Å². The van der Waals surface area contributed by atoms with Gasteiger partial charge in [-0.1, -0.05) is 17.4 Å². The number of ketones is 1. The molecular weight excluding hydrogens is 464 g/mol. The monoisotopic (exact) mass is 487 g/mol. The topological polar surface area (TPSA) is 110 Å². The van der Waals surface area contributed by atoms with E-state index in [4.69, 9.17) is 10.5 Å². The van der Waals surface area contributed by atoms with Crippen LogP contribution in [0.3, 0.4) is 0 Å². The van der Waals surface area contributed by atoms with E-state index in [1.807, 2.05) is 0 Å². The molecule has 1 amide bonds. The second kappa shape index (κ2) is 10.7. The molecule has 4 N–H and O–H groups in total. The highest BCUT2D eigenvalue weighted by Gasteiger charge is 2.24. The predicted molar refractivity (Wildman–Crippen MR) is 126 cm³/mol. The zero-order chi connectivity index (χ0) is 24.1. The molecule has 0 radical (unpaired) electrons. The van der Waals surface area contributed by atoms with Crippen LogP contribution >= 0.6 is 11.3 Å². The Balaban J connectivity index is 1.36. The highest BCUT2D eigenvalue weighted by Crippen LogP contribution is 2.31. The Morgan fingerprint density at radius 2 is 1.76 bits per heavy atom. The number of carbonyl (C=O) groups is 2. The highest BCUT2D eigenvalue weighted by atomic mass is 32.1. The molecule has 1 aromatic heterocycles. The third-order valence-corrected chi connectivity index (χ3v) is 6.25. The van der Waals surface area contributed by atoms with Gasteiger partial charge in [0.25, 0.3) is 5.91 Å². The van der Waals surface area contributed by atoms with Gasteiger partial charge in [-0.3, -0.25) is 14.5 Å². The number of nitrogen functional groups attached to an aromatic ring is 1. The van der Waals surface area contributed by atoms with Crippen molar-refractivity contribution in [2.45, 2.75) is 0 Å². The third kappa shape index (κ3) is 5.56. The van der Waals surface area contributed by atoms with Crippen molar-refractivity contribution in [3.05, 3.63) is 70.1 Å². The fourth-order valence-corrected chi connectivity index (χ4v) is 4.31. The standard InChI is InChI=1S/C23H23F2N5O3S/c24-16-2-1-3-17(25)18(16)19(31)20-21(26)29-23(34-20)28-15-6-4-14(5-7-15)22(32)27-8-9-30-10-12-33-13-11-30/h1-7H,8-13,26H2,(H,27,32)(H,28,29). The van der Waals surface area contributed by atoms with E-state index in [0.717, 1.165) is 43.1 Å². The molecule has 178 valence electrons. The fourth-order valence-electron chi connectivity index (χ4n) is 3.46. The Morgan fingerprint density at radius 3 is 2.44 bits per heavy atom. The lowest BCUT2D eigenvalue weighted by Gasteiger charge is -2.26. The zero-order valence-electron chi connectivity index (χ0n) is 18.1. The lowest BCUT2D eigenvalue weighted by Crippen LogP contribution is -2.41. The van der Waals surface area contributed by atoms with E-state index in [2.05, 4.69) is 20.5 Å². The number of carbonyl (C=O) groups excluding carboxylic acids is 2. The van der Waals surface area contributed by atoms with Crippen LogP contribution < -0.4 is 16.4 Å². The number of halogens is 2. The maximum Gasteiger partial charge on any atom is 0.251 e. The normalized spacial score (nSPS) is 14.1. The number of anilines is 3. The molecule has 2 aromatic carbocycles. The first-order valence-electron chi connectivity index (χ1n) is 10.6. The number of rotatable bonds is 8. The summed E-state index contributed by atoms with van der Waals surface area (Å²) in [4.78, 5) is 31.2. The van der Waals surface area contributed by atoms with Crippen LogP contribution in [0, 0.1) is 11.6 Å². The Kier molecular flexibility index (Phi) is 7.46. The van der Waals surface area contributed by atoms with Gasteiger partial charge in [-0.2, -0.15) is 0 Å². The number of aromatic nitrogens is 1. The van der Waals surface area contributed by atoms with Crippen molar-refractivity contribution in [3.63, 3.8) is 0 Å². The molecule has 34 heavy (non-hydrogen) atoms. The Morgan fingerprint density at radius 1 is 1.09 bits per heavy atom. The average Bonchev–Trinajstić information content (AvgIpc) is 3.19. The van der Waals surface area contributed by atoms with Crippen molar-refractivity contribution in [3.8, 4) is 0 Å². The number of hydrogen-bond acceptors (Lipinski definition) is 8. The number of hydrogen-bond donors (Lipinski definition) is 3. The number of amides is 1. The van der Waals surface area contributed by atoms with Crippen molar-refractivity contribution in [2.75, 3.05) is 50.4 Å². The number of nitrogens with two attached hydrogens (primary N) is 1. The molecule has 8 nitrogen and oxygen atoms in total. The van der Waals surface area contributed by atoms with E-state index in [9.17, 15) is 18.4 Å². The summed E-state index contributed by atoms with van der Waals surface area (Å²) in [5.41, 5.74) is 6.26. The SMILES string of the molecule is Nc1nc(Nc2ccc(C(=O)NCCN3CCOCC3)cc2)sc1C(=O)c1c(F)cccc1F. The van der Waals surface area contributed by atoms with Gasteiger partial charge in [0, 0.05) is 37.4 Å². The number of nitrogens with one attached hydrogen (secondary N) is 2. The van der Waals surface area contributed by atoms with E-state index < -0.39 is 23.0 Å². The van der Waals surface area contributed by atoms with Crippen LogP contribution in [0.2, 0.25) is 0 Å². The number of nitrogens with zero attached hydrogens (tertiary/aromatic N) is 2. The molecule has 0 atom stereocenters. The zero-order valence-corrected chi connectivity index (χ0v) is 19.0. The van der Waals surface area contributed by atoms with Gasteiger partial charge in [-0.25, -0.2) is 13.8 Å². The second-order valence-electron chi connectivity index (χ2n) is 7.57. The van der Waals surface area contributed by atoms with Gasteiger partial charge in [0.2, 0.25) is 5.78 Å². The van der Waals surface area contributed by atoms with Crippen LogP contribution in [0.5, 0.6) is 0 Å². The third-order valence-electron chi connectivity index (χ3n) is 5.27. The summed E-state index contributed by atoms with van der Waals surface area (Å²) in [7, 11) is 0. The molecule has 2 heterocycles. The van der Waals surface area contributed by atoms with Crippen molar-refractivity contribution in [1.29, 1.82) is 0 Å². The van der Waals surface area contributed by atoms with Crippen LogP contribution in [0.15, 0.2) is 42.5 Å². The van der Waals surface area contributed by atoms with Gasteiger partial charge in [0.05, 0.1) is 18.8 Å². The quantitative estimate of drug-likeness (QED) is 0.419. The van der Waals surface area contributed by atoms with Gasteiger partial charge in [-0.05, 0) is 36.4 Å². The molecule has 3 aromatic rings. The van der Waals surface area contributed by atoms with Gasteiger partial charge < -0.3 is 21.1 Å². The molecule has 0 saturated carbocycles. The fraction of sp³-hybridized carbons (Fsp3) is 0.261. The Hall–Kier alpha value is -3.41. The maximum absolute atomic E-state index is 14.0. The first-order valence-corrected chi connectivity index (χ1v) is 11.4. The van der Waals surface area contributed by atoms with E-state index in [1.165, 1.54) is 6.07 Å². The summed E-state index contributed by atoms with van der Waals surface area (Å²) in [6.07, 6.45) is 0. The van der Waals surface area contributed by atoms with Crippen molar-refractivity contribution >= 4 is 39.7 Å². The molecule has 11 heteroatoms. The number of thiazole rings is 1. The summed E-state index contributed by atoms with van der Waals surface area (Å²) in [5, 5.41) is 6.16. The Bertz CT molecular complexity index is 1160. The van der Waals surface area contributed by atoms with E-state index in [-0.39, 0.29) is 21.7 Å². The predicted octanol–water partition coefficient (Wildman–Crippen LogP) is 3.04. The summed E-state index contributed by atoms with van der Waals surface area (Å²) in [6, 6.07) is 9.88. The molecule has 1 saturated heterocycles. The molecule has 1 aliphatic rings. The number of morpholine rings is 1. The molecule has 0 spiro atoms. The van der Waals surface area contributed by atoms with E-state index in [1.54, 1.807) is 24.3 Å². The van der Waals surface area contributed by atoms with Crippen LogP contribution in [0.1, 0.15) is 25.6 Å². The summed E-state index contributed by atoms with van der Waals surface area (Å²) >= 11 is 0.887. The van der Waals surface area contributed by atoms with Crippen LogP contribution in [0.25, 0.3) is 0 Å². The van der Waals surface area contributed by atoms with Gasteiger partial charge >= 0.3 is 0 Å². The van der Waals surface area contributed by atoms with Crippen LogP contribution in [-0.4, -0.2) is 61.0 Å². The molecule has 4 rings (SSSR count). The summed E-state index contributed by atoms with van der Waals surface area (Å²) in [6.45, 7) is 4.44. The molecule has 0 bridgehead atoms. The highest BCUT2D eigenvalue weighted by molar-refractivity contribution is 7.18. The van der Waals surface area contributed by atoms with Gasteiger partial charge in [-0.15, -0.1) is 0 Å². The average molecular weight is 488 g/mol. The lowest BCUT2D eigenvalue weighted by atomic mass is 10.1. The molecular formula is C23H23F2N5O3S. The molecule has 0 unspecified atom stereocenters. The largest absolute Gasteiger partial charge is 0.382 e. The summed E-state index contributed by atoms with van der Waals surface area (Å²) < 4.78 is 33.3. The first kappa shape index (κ1) is 23.7. The summed E-state index contributed by atoms with van der Waals surface area (Å²) in [5.74, 6) is -3.12. The maximum atomic E-state index is 14.0. The van der Waals surface area contributed by atoms with Crippen molar-refractivity contribution in [2.24, 2.45) is 0 Å². The smallest absolute Gasteiger partial charge is 0.251 e. The second-order valence-corrected chi connectivity index (χ2v) is 8.57. The Labute approximate surface area is 198 Å². The van der Waals surface area contributed by atoms with Gasteiger partial charge in [0.15, 0.2) is 5.13 Å². The number of benzene rings is 2. The van der Waals surface area contributed by atoms with E-state index >= 15 is 0 Å². The van der Waals surface area contributed by atoms with E-state index in [0.29, 0.717) is 31.0 Å². The van der Waals surface area contributed by atoms with Crippen molar-refractivity contribution in [1.82, 2.24) is 15.2 Å². The molecule has 0 aliphatic carbocycles. The van der Waals surface area contributed by atoms with Crippen molar-refractivity contribution < 1.29 is 23.1 Å². The first-order chi connectivity index (χ1) is 16.4.